The third-order valence-corrected chi connectivity index (χ3v) is 5.01. The number of carbonyl (C=O) groups excluding carboxylic acids is 1. The van der Waals surface area contributed by atoms with Crippen LogP contribution in [-0.2, 0) is 6.42 Å². The highest BCUT2D eigenvalue weighted by Gasteiger charge is 2.09. The van der Waals surface area contributed by atoms with Crippen molar-refractivity contribution >= 4 is 11.6 Å². The third-order valence-electron chi connectivity index (χ3n) is 5.01. The highest BCUT2D eigenvalue weighted by atomic mass is 16.5. The van der Waals surface area contributed by atoms with Gasteiger partial charge >= 0.3 is 0 Å². The molecule has 2 N–H and O–H groups in total. The summed E-state index contributed by atoms with van der Waals surface area (Å²) in [7, 11) is 1.67. The van der Waals surface area contributed by atoms with Gasteiger partial charge in [0.05, 0.1) is 7.11 Å². The van der Waals surface area contributed by atoms with E-state index in [0.29, 0.717) is 12.2 Å². The van der Waals surface area contributed by atoms with Crippen LogP contribution in [0, 0.1) is 0 Å². The highest BCUT2D eigenvalue weighted by molar-refractivity contribution is 5.93. The molecule has 1 heterocycles. The summed E-state index contributed by atoms with van der Waals surface area (Å²) in [5.74, 6) is 0.747. The van der Waals surface area contributed by atoms with Gasteiger partial charge in [-0.15, -0.1) is 0 Å². The molecular weight excluding hydrogens is 350 g/mol. The minimum Gasteiger partial charge on any atom is -0.497 e. The summed E-state index contributed by atoms with van der Waals surface area (Å²) in [6.45, 7) is 1.45. The van der Waals surface area contributed by atoms with Crippen molar-refractivity contribution in [3.63, 3.8) is 0 Å². The van der Waals surface area contributed by atoms with Gasteiger partial charge < -0.3 is 15.4 Å². The fourth-order valence-electron chi connectivity index (χ4n) is 3.37. The Hall–Kier alpha value is -2.82. The van der Waals surface area contributed by atoms with E-state index in [0.717, 1.165) is 30.8 Å². The molecule has 5 heteroatoms. The Kier molecular flexibility index (Phi) is 7.47. The molecule has 148 valence electrons. The van der Waals surface area contributed by atoms with E-state index >= 15 is 0 Å². The zero-order valence-corrected chi connectivity index (χ0v) is 16.5. The van der Waals surface area contributed by atoms with Crippen LogP contribution >= 0.6 is 0 Å². The van der Waals surface area contributed by atoms with Crippen LogP contribution in [0.3, 0.4) is 0 Å². The predicted molar refractivity (Wildman–Crippen MR) is 113 cm³/mol. The van der Waals surface area contributed by atoms with Crippen molar-refractivity contribution in [1.29, 1.82) is 0 Å². The minimum atomic E-state index is -0.116. The number of hydrogen-bond donors (Lipinski definition) is 2. The number of allylic oxidation sites excluding steroid dienone is 1. The first-order valence-electron chi connectivity index (χ1n) is 10.0. The van der Waals surface area contributed by atoms with Crippen molar-refractivity contribution in [1.82, 2.24) is 10.3 Å². The largest absolute Gasteiger partial charge is 0.497 e. The highest BCUT2D eigenvalue weighted by Crippen LogP contribution is 2.19. The van der Waals surface area contributed by atoms with Gasteiger partial charge in [0.25, 0.3) is 5.91 Å². The number of anilines is 1. The Bertz CT molecular complexity index is 800. The summed E-state index contributed by atoms with van der Waals surface area (Å²) in [4.78, 5) is 16.6. The topological polar surface area (TPSA) is 63.2 Å². The smallest absolute Gasteiger partial charge is 0.269 e. The zero-order valence-electron chi connectivity index (χ0n) is 16.5. The molecule has 0 spiro atoms. The molecule has 0 bridgehead atoms. The molecule has 3 rings (SSSR count). The van der Waals surface area contributed by atoms with Crippen LogP contribution < -0.4 is 15.4 Å². The number of aromatic nitrogens is 1. The molecule has 0 saturated carbocycles. The predicted octanol–water partition coefficient (Wildman–Crippen LogP) is 4.37. The lowest BCUT2D eigenvalue weighted by Crippen LogP contribution is -2.25. The molecule has 0 radical (unpaired) electrons. The summed E-state index contributed by atoms with van der Waals surface area (Å²) in [5, 5.41) is 6.35. The van der Waals surface area contributed by atoms with Crippen molar-refractivity contribution in [2.24, 2.45) is 0 Å². The molecule has 1 aromatic heterocycles. The second kappa shape index (κ2) is 10.5. The lowest BCUT2D eigenvalue weighted by molar-refractivity contribution is 0.0949. The van der Waals surface area contributed by atoms with Crippen molar-refractivity contribution in [3.05, 3.63) is 65.5 Å². The quantitative estimate of drug-likeness (QED) is 0.635. The number of amides is 1. The number of rotatable bonds is 9. The molecule has 5 nitrogen and oxygen atoms in total. The Morgan fingerprint density at radius 3 is 2.71 bits per heavy atom. The molecule has 1 aromatic carbocycles. The first kappa shape index (κ1) is 19.9. The van der Waals surface area contributed by atoms with Crippen LogP contribution in [0.5, 0.6) is 5.75 Å². The van der Waals surface area contributed by atoms with Crippen molar-refractivity contribution in [3.8, 4) is 5.75 Å². The summed E-state index contributed by atoms with van der Waals surface area (Å²) in [6.07, 6.45) is 10.7. The molecule has 0 fully saturated rings. The molecule has 0 unspecified atom stereocenters. The maximum absolute atomic E-state index is 12.4. The van der Waals surface area contributed by atoms with E-state index < -0.39 is 0 Å². The van der Waals surface area contributed by atoms with E-state index in [1.807, 2.05) is 24.3 Å². The van der Waals surface area contributed by atoms with Crippen LogP contribution in [0.2, 0.25) is 0 Å². The zero-order chi connectivity index (χ0) is 19.6. The van der Waals surface area contributed by atoms with E-state index in [4.69, 9.17) is 4.74 Å². The number of pyridine rings is 1. The van der Waals surface area contributed by atoms with Gasteiger partial charge in [-0.3, -0.25) is 9.78 Å². The van der Waals surface area contributed by atoms with Crippen LogP contribution in [0.4, 0.5) is 5.69 Å². The van der Waals surface area contributed by atoms with Crippen molar-refractivity contribution < 1.29 is 9.53 Å². The second-order valence-electron chi connectivity index (χ2n) is 7.07. The number of nitrogens with one attached hydrogen (secondary N) is 2. The summed E-state index contributed by atoms with van der Waals surface area (Å²) < 4.78 is 5.18. The van der Waals surface area contributed by atoms with Crippen molar-refractivity contribution in [2.45, 2.75) is 38.5 Å². The standard InChI is InChI=1S/C23H29N3O2/c1-28-21-9-7-19(8-10-21)11-14-24-20-13-16-25-22(17-20)23(27)26-15-12-18-5-3-2-4-6-18/h5,7-10,13,16-17H,2-4,6,11-12,14-15H2,1H3,(H,24,25)(H,26,27). The maximum Gasteiger partial charge on any atom is 0.269 e. The van der Waals surface area contributed by atoms with E-state index in [9.17, 15) is 4.79 Å². The van der Waals surface area contributed by atoms with Gasteiger partial charge in [-0.25, -0.2) is 0 Å². The van der Waals surface area contributed by atoms with E-state index in [-0.39, 0.29) is 5.91 Å². The lowest BCUT2D eigenvalue weighted by atomic mass is 9.97. The van der Waals surface area contributed by atoms with Gasteiger partial charge in [0.1, 0.15) is 11.4 Å². The van der Waals surface area contributed by atoms with Crippen LogP contribution in [0.15, 0.2) is 54.2 Å². The second-order valence-corrected chi connectivity index (χ2v) is 7.07. The number of benzene rings is 1. The number of methoxy groups -OCH3 is 1. The average Bonchev–Trinajstić information content (AvgIpc) is 2.75. The van der Waals surface area contributed by atoms with E-state index in [1.165, 1.54) is 36.8 Å². The molecule has 2 aromatic rings. The van der Waals surface area contributed by atoms with Gasteiger partial charge in [-0.1, -0.05) is 23.8 Å². The van der Waals surface area contributed by atoms with E-state index in [1.54, 1.807) is 13.3 Å². The first-order valence-corrected chi connectivity index (χ1v) is 10.0. The Labute approximate surface area is 167 Å². The van der Waals surface area contributed by atoms with Gasteiger partial charge in [0.15, 0.2) is 0 Å². The average molecular weight is 380 g/mol. The molecule has 28 heavy (non-hydrogen) atoms. The van der Waals surface area contributed by atoms with Gasteiger partial charge in [0, 0.05) is 25.0 Å². The SMILES string of the molecule is COc1ccc(CCNc2ccnc(C(=O)NCCC3=CCCCC3)c2)cc1. The normalized spacial score (nSPS) is 13.5. The third kappa shape index (κ3) is 6.12. The summed E-state index contributed by atoms with van der Waals surface area (Å²) in [6, 6.07) is 11.8. The maximum atomic E-state index is 12.4. The monoisotopic (exact) mass is 379 g/mol. The molecule has 0 aliphatic heterocycles. The van der Waals surface area contributed by atoms with Gasteiger partial charge in [-0.05, 0) is 68.4 Å². The first-order chi connectivity index (χ1) is 13.7. The van der Waals surface area contributed by atoms with E-state index in [2.05, 4.69) is 33.8 Å². The number of ether oxygens (including phenoxy) is 1. The Morgan fingerprint density at radius 1 is 1.11 bits per heavy atom. The van der Waals surface area contributed by atoms with Crippen LogP contribution in [0.1, 0.15) is 48.2 Å². The Balaban J connectivity index is 1.44. The van der Waals surface area contributed by atoms with Crippen LogP contribution in [-0.4, -0.2) is 31.1 Å². The molecule has 0 saturated heterocycles. The molecule has 1 aliphatic rings. The summed E-state index contributed by atoms with van der Waals surface area (Å²) >= 11 is 0. The number of hydrogen-bond acceptors (Lipinski definition) is 4. The fraction of sp³-hybridized carbons (Fsp3) is 0.391. The molecular formula is C23H29N3O2. The van der Waals surface area contributed by atoms with Crippen LogP contribution in [0.25, 0.3) is 0 Å². The fourth-order valence-corrected chi connectivity index (χ4v) is 3.37. The lowest BCUT2D eigenvalue weighted by Gasteiger charge is -2.13. The number of carbonyl (C=O) groups is 1. The molecule has 0 atom stereocenters. The molecule has 1 amide bonds. The van der Waals surface area contributed by atoms with Gasteiger partial charge in [0.2, 0.25) is 0 Å². The Morgan fingerprint density at radius 2 is 1.96 bits per heavy atom. The van der Waals surface area contributed by atoms with Gasteiger partial charge in [-0.2, -0.15) is 0 Å². The minimum absolute atomic E-state index is 0.116. The molecule has 1 aliphatic carbocycles. The summed E-state index contributed by atoms with van der Waals surface area (Å²) in [5.41, 5.74) is 4.06. The van der Waals surface area contributed by atoms with Crippen molar-refractivity contribution in [2.75, 3.05) is 25.5 Å². The number of nitrogens with zero attached hydrogens (tertiary/aromatic N) is 1.